The van der Waals surface area contributed by atoms with Gasteiger partial charge in [0, 0.05) is 23.3 Å². The lowest BCUT2D eigenvalue weighted by Crippen LogP contribution is -2.20. The van der Waals surface area contributed by atoms with Crippen LogP contribution in [0.15, 0.2) is 28.3 Å². The molecule has 2 aromatic rings. The number of fused-ring (bicyclic) bond motifs is 1. The Morgan fingerprint density at radius 2 is 2.33 bits per heavy atom. The van der Waals surface area contributed by atoms with Crippen LogP contribution in [-0.2, 0) is 13.0 Å². The lowest BCUT2D eigenvalue weighted by Gasteiger charge is -2.21. The average Bonchev–Trinajstić information content (AvgIpc) is 2.94. The van der Waals surface area contributed by atoms with Crippen molar-refractivity contribution in [3.05, 3.63) is 44.3 Å². The van der Waals surface area contributed by atoms with Gasteiger partial charge < -0.3 is 9.88 Å². The van der Waals surface area contributed by atoms with Crippen molar-refractivity contribution in [3.63, 3.8) is 0 Å². The highest BCUT2D eigenvalue weighted by molar-refractivity contribution is 9.11. The van der Waals surface area contributed by atoms with Gasteiger partial charge in [-0.3, -0.25) is 0 Å². The lowest BCUT2D eigenvalue weighted by molar-refractivity contribution is 0.498. The van der Waals surface area contributed by atoms with Crippen LogP contribution in [0.4, 0.5) is 0 Å². The molecule has 0 saturated carbocycles. The molecule has 0 fully saturated rings. The smallest absolute Gasteiger partial charge is 0.0702 e. The van der Waals surface area contributed by atoms with Gasteiger partial charge in [0.05, 0.1) is 10.3 Å². The van der Waals surface area contributed by atoms with Crippen LogP contribution in [0.1, 0.15) is 34.9 Å². The first kappa shape index (κ1) is 12.5. The Bertz CT molecular complexity index is 544. The summed E-state index contributed by atoms with van der Waals surface area (Å²) in [6, 6.07) is 4.87. The highest BCUT2D eigenvalue weighted by Crippen LogP contribution is 2.31. The summed E-state index contributed by atoms with van der Waals surface area (Å²) in [6.07, 6.45) is 8.44. The van der Waals surface area contributed by atoms with E-state index < -0.39 is 0 Å². The van der Waals surface area contributed by atoms with E-state index >= 15 is 0 Å². The monoisotopic (exact) mass is 324 g/mol. The Balaban J connectivity index is 1.84. The van der Waals surface area contributed by atoms with Crippen LogP contribution in [0.25, 0.3) is 0 Å². The Hall–Kier alpha value is -0.580. The van der Waals surface area contributed by atoms with Crippen LogP contribution in [0, 0.1) is 0 Å². The van der Waals surface area contributed by atoms with Gasteiger partial charge in [-0.05, 0) is 65.5 Å². The van der Waals surface area contributed by atoms with Gasteiger partial charge in [-0.15, -0.1) is 11.3 Å². The van der Waals surface area contributed by atoms with E-state index in [0.29, 0.717) is 6.04 Å². The highest BCUT2D eigenvalue weighted by atomic mass is 79.9. The van der Waals surface area contributed by atoms with E-state index in [1.165, 1.54) is 39.1 Å². The average molecular weight is 325 g/mol. The van der Waals surface area contributed by atoms with Crippen molar-refractivity contribution in [2.24, 2.45) is 0 Å². The number of rotatable bonds is 3. The van der Waals surface area contributed by atoms with Gasteiger partial charge in [0.2, 0.25) is 0 Å². The van der Waals surface area contributed by atoms with Crippen molar-refractivity contribution < 1.29 is 0 Å². The molecule has 4 heteroatoms. The second-order valence-electron chi connectivity index (χ2n) is 4.85. The molecule has 1 atom stereocenters. The van der Waals surface area contributed by atoms with Crippen LogP contribution < -0.4 is 5.32 Å². The fourth-order valence-corrected chi connectivity index (χ4v) is 4.25. The molecule has 2 aromatic heterocycles. The third-order valence-corrected chi connectivity index (χ3v) is 5.24. The first-order valence-corrected chi connectivity index (χ1v) is 7.97. The van der Waals surface area contributed by atoms with E-state index in [-0.39, 0.29) is 0 Å². The van der Waals surface area contributed by atoms with E-state index in [0.717, 1.165) is 6.54 Å². The molecule has 1 N–H and O–H groups in total. The number of nitrogens with one attached hydrogen (secondary N) is 1. The van der Waals surface area contributed by atoms with Crippen LogP contribution in [-0.4, -0.2) is 11.6 Å². The molecule has 2 nitrogen and oxygen atoms in total. The Labute approximate surface area is 120 Å². The van der Waals surface area contributed by atoms with Crippen molar-refractivity contribution >= 4 is 27.3 Å². The number of aryl methyl sites for hydroxylation is 1. The zero-order valence-electron chi connectivity index (χ0n) is 10.4. The molecule has 0 saturated heterocycles. The molecular weight excluding hydrogens is 308 g/mol. The maximum atomic E-state index is 3.52. The Morgan fingerprint density at radius 3 is 3.06 bits per heavy atom. The van der Waals surface area contributed by atoms with Crippen LogP contribution in [0.3, 0.4) is 0 Å². The van der Waals surface area contributed by atoms with E-state index in [1.807, 2.05) is 11.3 Å². The standard InChI is InChI=1S/C14H17BrN2S/c1-16-13-4-2-3-10-7-17(9-12(10)13)8-11-5-6-14(15)18-11/h5-7,9,13,16H,2-4,8H2,1H3. The summed E-state index contributed by atoms with van der Waals surface area (Å²) in [5.41, 5.74) is 3.02. The van der Waals surface area contributed by atoms with Crippen molar-refractivity contribution in [1.29, 1.82) is 0 Å². The molecular formula is C14H17BrN2S. The van der Waals surface area contributed by atoms with Crippen molar-refractivity contribution in [2.45, 2.75) is 31.8 Å². The predicted molar refractivity (Wildman–Crippen MR) is 80.3 cm³/mol. The third kappa shape index (κ3) is 2.42. The summed E-state index contributed by atoms with van der Waals surface area (Å²) < 4.78 is 3.54. The van der Waals surface area contributed by atoms with Crippen molar-refractivity contribution in [2.75, 3.05) is 7.05 Å². The maximum Gasteiger partial charge on any atom is 0.0702 e. The maximum absolute atomic E-state index is 3.52. The molecule has 0 aromatic carbocycles. The largest absolute Gasteiger partial charge is 0.348 e. The second-order valence-corrected chi connectivity index (χ2v) is 7.40. The number of aromatic nitrogens is 1. The fourth-order valence-electron chi connectivity index (χ4n) is 2.76. The van der Waals surface area contributed by atoms with E-state index in [9.17, 15) is 0 Å². The van der Waals surface area contributed by atoms with Crippen molar-refractivity contribution in [1.82, 2.24) is 9.88 Å². The van der Waals surface area contributed by atoms with Gasteiger partial charge >= 0.3 is 0 Å². The molecule has 0 aliphatic heterocycles. The normalized spacial score (nSPS) is 18.9. The molecule has 1 aliphatic carbocycles. The number of thiophene rings is 1. The minimum atomic E-state index is 0.546. The molecule has 0 bridgehead atoms. The highest BCUT2D eigenvalue weighted by Gasteiger charge is 2.20. The lowest BCUT2D eigenvalue weighted by atomic mass is 9.91. The Kier molecular flexibility index (Phi) is 3.59. The van der Waals surface area contributed by atoms with Gasteiger partial charge in [-0.2, -0.15) is 0 Å². The molecule has 3 rings (SSSR count). The summed E-state index contributed by atoms with van der Waals surface area (Å²) in [5, 5.41) is 3.42. The molecule has 1 aliphatic rings. The quantitative estimate of drug-likeness (QED) is 0.904. The predicted octanol–water partition coefficient (Wildman–Crippen LogP) is 3.96. The summed E-state index contributed by atoms with van der Waals surface area (Å²) in [7, 11) is 2.06. The number of hydrogen-bond donors (Lipinski definition) is 1. The van der Waals surface area contributed by atoms with Crippen LogP contribution in [0.2, 0.25) is 0 Å². The van der Waals surface area contributed by atoms with Gasteiger partial charge in [0.15, 0.2) is 0 Å². The number of nitrogens with zero attached hydrogens (tertiary/aromatic N) is 1. The summed E-state index contributed by atoms with van der Waals surface area (Å²) in [4.78, 5) is 1.40. The molecule has 18 heavy (non-hydrogen) atoms. The molecule has 1 unspecified atom stereocenters. The van der Waals surface area contributed by atoms with Crippen LogP contribution in [0.5, 0.6) is 0 Å². The zero-order chi connectivity index (χ0) is 12.5. The first-order valence-electron chi connectivity index (χ1n) is 6.36. The topological polar surface area (TPSA) is 17.0 Å². The van der Waals surface area contributed by atoms with Gasteiger partial charge in [0.1, 0.15) is 0 Å². The minimum Gasteiger partial charge on any atom is -0.348 e. The Morgan fingerprint density at radius 1 is 1.44 bits per heavy atom. The first-order chi connectivity index (χ1) is 8.76. The molecule has 0 radical (unpaired) electrons. The number of hydrogen-bond acceptors (Lipinski definition) is 2. The summed E-state index contributed by atoms with van der Waals surface area (Å²) in [6.45, 7) is 0.986. The fraction of sp³-hybridized carbons (Fsp3) is 0.429. The molecule has 0 amide bonds. The third-order valence-electron chi connectivity index (χ3n) is 3.63. The summed E-state index contributed by atoms with van der Waals surface area (Å²) >= 11 is 5.34. The number of halogens is 1. The minimum absolute atomic E-state index is 0.546. The van der Waals surface area contributed by atoms with Crippen LogP contribution >= 0.6 is 27.3 Å². The van der Waals surface area contributed by atoms with Gasteiger partial charge in [0.25, 0.3) is 0 Å². The van der Waals surface area contributed by atoms with E-state index in [4.69, 9.17) is 0 Å². The second kappa shape index (κ2) is 5.19. The molecule has 96 valence electrons. The summed E-state index contributed by atoms with van der Waals surface area (Å²) in [5.74, 6) is 0. The van der Waals surface area contributed by atoms with Gasteiger partial charge in [-0.1, -0.05) is 0 Å². The van der Waals surface area contributed by atoms with Crippen molar-refractivity contribution in [3.8, 4) is 0 Å². The molecule has 0 spiro atoms. The molecule has 2 heterocycles. The van der Waals surface area contributed by atoms with E-state index in [1.54, 1.807) is 0 Å². The van der Waals surface area contributed by atoms with Gasteiger partial charge in [-0.25, -0.2) is 0 Å². The zero-order valence-corrected chi connectivity index (χ0v) is 12.9. The SMILES string of the molecule is CNC1CCCc2cn(Cc3ccc(Br)s3)cc21. The van der Waals surface area contributed by atoms with E-state index in [2.05, 4.69) is 57.4 Å².